The van der Waals surface area contributed by atoms with E-state index in [1.54, 1.807) is 33.4 Å². The van der Waals surface area contributed by atoms with Gasteiger partial charge in [-0.1, -0.05) is 41.6 Å². The lowest BCUT2D eigenvalue weighted by atomic mass is 10.2. The van der Waals surface area contributed by atoms with Gasteiger partial charge < -0.3 is 14.5 Å². The molecule has 1 fully saturated rings. The van der Waals surface area contributed by atoms with Crippen molar-refractivity contribution in [1.82, 2.24) is 19.4 Å². The largest absolute Gasteiger partial charge is 0.450 e. The van der Waals surface area contributed by atoms with E-state index >= 15 is 0 Å². The zero-order valence-corrected chi connectivity index (χ0v) is 19.5. The third-order valence-electron chi connectivity index (χ3n) is 5.52. The summed E-state index contributed by atoms with van der Waals surface area (Å²) in [5.74, 6) is 0.0946. The van der Waals surface area contributed by atoms with Crippen molar-refractivity contribution in [2.45, 2.75) is 19.0 Å². The molecule has 0 aliphatic carbocycles. The minimum absolute atomic E-state index is 0.0543. The molecule has 172 valence electrons. The summed E-state index contributed by atoms with van der Waals surface area (Å²) >= 11 is 1.25. The molecule has 0 radical (unpaired) electrons. The van der Waals surface area contributed by atoms with Gasteiger partial charge in [-0.25, -0.2) is 9.78 Å². The quantitative estimate of drug-likeness (QED) is 0.424. The van der Waals surface area contributed by atoms with Crippen LogP contribution in [-0.4, -0.2) is 69.9 Å². The van der Waals surface area contributed by atoms with Crippen LogP contribution in [0.1, 0.15) is 12.5 Å². The Morgan fingerprint density at radius 1 is 1.00 bits per heavy atom. The van der Waals surface area contributed by atoms with Crippen LogP contribution < -0.4 is 5.56 Å². The van der Waals surface area contributed by atoms with Gasteiger partial charge in [0.15, 0.2) is 5.16 Å². The summed E-state index contributed by atoms with van der Waals surface area (Å²) < 4.78 is 6.60. The molecule has 33 heavy (non-hydrogen) atoms. The number of nitrogens with zero attached hydrogens (tertiary/aromatic N) is 4. The van der Waals surface area contributed by atoms with Gasteiger partial charge in [0.25, 0.3) is 5.56 Å². The highest BCUT2D eigenvalue weighted by Gasteiger charge is 2.25. The van der Waals surface area contributed by atoms with E-state index in [4.69, 9.17) is 9.72 Å². The summed E-state index contributed by atoms with van der Waals surface area (Å²) in [5.41, 5.74) is 2.24. The van der Waals surface area contributed by atoms with Crippen molar-refractivity contribution < 1.29 is 14.3 Å². The smallest absolute Gasteiger partial charge is 0.409 e. The molecule has 0 unspecified atom stereocenters. The Kier molecular flexibility index (Phi) is 6.98. The minimum atomic E-state index is -0.346. The number of amides is 2. The molecule has 0 N–H and O–H groups in total. The highest BCUT2D eigenvalue weighted by Crippen LogP contribution is 2.22. The molecule has 2 amide bonds. The first-order valence-electron chi connectivity index (χ1n) is 10.9. The first kappa shape index (κ1) is 22.8. The van der Waals surface area contributed by atoms with Crippen molar-refractivity contribution in [3.63, 3.8) is 0 Å². The maximum absolute atomic E-state index is 13.3. The monoisotopic (exact) mass is 466 g/mol. The maximum atomic E-state index is 13.3. The zero-order chi connectivity index (χ0) is 23.4. The van der Waals surface area contributed by atoms with Gasteiger partial charge in [-0.05, 0) is 38.1 Å². The third kappa shape index (κ3) is 5.03. The van der Waals surface area contributed by atoms with Crippen molar-refractivity contribution in [2.75, 3.05) is 38.5 Å². The number of rotatable bonds is 5. The highest BCUT2D eigenvalue weighted by molar-refractivity contribution is 7.99. The van der Waals surface area contributed by atoms with Crippen molar-refractivity contribution in [2.24, 2.45) is 0 Å². The number of ether oxygens (including phenoxy) is 1. The van der Waals surface area contributed by atoms with Gasteiger partial charge in [-0.2, -0.15) is 0 Å². The lowest BCUT2D eigenvalue weighted by Gasteiger charge is -2.34. The van der Waals surface area contributed by atoms with Crippen molar-refractivity contribution in [3.8, 4) is 5.69 Å². The van der Waals surface area contributed by atoms with E-state index < -0.39 is 0 Å². The maximum Gasteiger partial charge on any atom is 0.409 e. The van der Waals surface area contributed by atoms with Crippen LogP contribution in [0.4, 0.5) is 4.79 Å². The molecule has 2 heterocycles. The van der Waals surface area contributed by atoms with Crippen LogP contribution in [0.15, 0.2) is 58.5 Å². The Morgan fingerprint density at radius 2 is 1.67 bits per heavy atom. The van der Waals surface area contributed by atoms with Gasteiger partial charge in [0, 0.05) is 26.2 Å². The molecule has 0 bridgehead atoms. The number of hydrogen-bond donors (Lipinski definition) is 0. The average molecular weight is 467 g/mol. The van der Waals surface area contributed by atoms with E-state index in [9.17, 15) is 14.4 Å². The number of benzene rings is 2. The van der Waals surface area contributed by atoms with Gasteiger partial charge in [0.2, 0.25) is 5.91 Å². The van der Waals surface area contributed by atoms with Crippen LogP contribution in [0.3, 0.4) is 0 Å². The van der Waals surface area contributed by atoms with Crippen molar-refractivity contribution in [3.05, 3.63) is 64.4 Å². The van der Waals surface area contributed by atoms with Crippen molar-refractivity contribution in [1.29, 1.82) is 0 Å². The van der Waals surface area contributed by atoms with Crippen LogP contribution in [0.5, 0.6) is 0 Å². The summed E-state index contributed by atoms with van der Waals surface area (Å²) in [7, 11) is 0. The summed E-state index contributed by atoms with van der Waals surface area (Å²) in [5, 5.41) is 1.00. The van der Waals surface area contributed by atoms with E-state index in [-0.39, 0.29) is 23.3 Å². The fourth-order valence-electron chi connectivity index (χ4n) is 3.70. The van der Waals surface area contributed by atoms with E-state index in [1.807, 2.05) is 43.3 Å². The molecule has 9 heteroatoms. The first-order valence-corrected chi connectivity index (χ1v) is 11.9. The highest BCUT2D eigenvalue weighted by atomic mass is 32.2. The molecule has 4 rings (SSSR count). The molecule has 1 saturated heterocycles. The van der Waals surface area contributed by atoms with E-state index in [1.165, 1.54) is 11.8 Å². The molecular weight excluding hydrogens is 440 g/mol. The lowest BCUT2D eigenvalue weighted by Crippen LogP contribution is -2.51. The number of fused-ring (bicyclic) bond motifs is 1. The predicted molar refractivity (Wildman–Crippen MR) is 128 cm³/mol. The molecule has 0 atom stereocenters. The second kappa shape index (κ2) is 10.1. The number of hydrogen-bond acceptors (Lipinski definition) is 6. The number of carbonyl (C=O) groups excluding carboxylic acids is 2. The van der Waals surface area contributed by atoms with E-state index in [2.05, 4.69) is 0 Å². The summed E-state index contributed by atoms with van der Waals surface area (Å²) in [6.45, 7) is 5.88. The molecule has 1 aromatic heterocycles. The Labute approximate surface area is 196 Å². The number of para-hydroxylation sites is 1. The fraction of sp³-hybridized carbons (Fsp3) is 0.333. The second-order valence-electron chi connectivity index (χ2n) is 7.74. The third-order valence-corrected chi connectivity index (χ3v) is 6.44. The molecule has 0 saturated carbocycles. The summed E-state index contributed by atoms with van der Waals surface area (Å²) in [6.07, 6.45) is -0.346. The first-order chi connectivity index (χ1) is 16.0. The van der Waals surface area contributed by atoms with Crippen LogP contribution in [0.25, 0.3) is 16.6 Å². The van der Waals surface area contributed by atoms with Crippen molar-refractivity contribution >= 4 is 34.7 Å². The number of piperazine rings is 1. The Balaban J connectivity index is 1.53. The molecule has 8 nitrogen and oxygen atoms in total. The molecule has 0 spiro atoms. The minimum Gasteiger partial charge on any atom is -0.450 e. The molecule has 2 aromatic carbocycles. The SMILES string of the molecule is CCOC(=O)N1CCN(C(=O)CSc2nc3ccccc3c(=O)n2-c2ccc(C)cc2)CC1. The number of aryl methyl sites for hydroxylation is 1. The number of carbonyl (C=O) groups is 2. The normalized spacial score (nSPS) is 13.9. The predicted octanol–water partition coefficient (Wildman–Crippen LogP) is 3.09. The van der Waals surface area contributed by atoms with Crippen LogP contribution in [0.2, 0.25) is 0 Å². The van der Waals surface area contributed by atoms with Gasteiger partial charge >= 0.3 is 6.09 Å². The zero-order valence-electron chi connectivity index (χ0n) is 18.7. The lowest BCUT2D eigenvalue weighted by molar-refractivity contribution is -0.129. The summed E-state index contributed by atoms with van der Waals surface area (Å²) in [4.78, 5) is 46.1. The molecule has 1 aliphatic rings. The van der Waals surface area contributed by atoms with Crippen LogP contribution in [0, 0.1) is 6.92 Å². The Bertz CT molecular complexity index is 1220. The molecule has 3 aromatic rings. The number of thioether (sulfide) groups is 1. The van der Waals surface area contributed by atoms with Gasteiger partial charge in [0.05, 0.1) is 29.0 Å². The van der Waals surface area contributed by atoms with E-state index in [0.717, 1.165) is 5.56 Å². The van der Waals surface area contributed by atoms with Gasteiger partial charge in [-0.3, -0.25) is 14.2 Å². The van der Waals surface area contributed by atoms with Gasteiger partial charge in [-0.15, -0.1) is 0 Å². The standard InChI is InChI=1S/C24H26N4O4S/c1-3-32-24(31)27-14-12-26(13-15-27)21(29)16-33-23-25-20-7-5-4-6-19(20)22(30)28(23)18-10-8-17(2)9-11-18/h4-11H,3,12-16H2,1-2H3. The van der Waals surface area contributed by atoms with Crippen LogP contribution in [-0.2, 0) is 9.53 Å². The Morgan fingerprint density at radius 3 is 2.36 bits per heavy atom. The molecular formula is C24H26N4O4S. The average Bonchev–Trinajstić information content (AvgIpc) is 2.84. The second-order valence-corrected chi connectivity index (χ2v) is 8.69. The van der Waals surface area contributed by atoms with Crippen LogP contribution >= 0.6 is 11.8 Å². The number of aromatic nitrogens is 2. The van der Waals surface area contributed by atoms with E-state index in [0.29, 0.717) is 54.5 Å². The fourth-order valence-corrected chi connectivity index (χ4v) is 4.62. The molecule has 1 aliphatic heterocycles. The Hall–Kier alpha value is -3.33. The van der Waals surface area contributed by atoms with Gasteiger partial charge in [0.1, 0.15) is 0 Å². The topological polar surface area (TPSA) is 84.7 Å². The summed E-state index contributed by atoms with van der Waals surface area (Å²) in [6, 6.07) is 14.9.